The average Bonchev–Trinajstić information content (AvgIpc) is 3.84. The molecule has 4 nitrogen and oxygen atoms in total. The summed E-state index contributed by atoms with van der Waals surface area (Å²) in [5, 5.41) is 8.66. The van der Waals surface area contributed by atoms with Gasteiger partial charge in [0.1, 0.15) is 0 Å². The van der Waals surface area contributed by atoms with Crippen LogP contribution in [0.1, 0.15) is 0 Å². The van der Waals surface area contributed by atoms with Gasteiger partial charge in [-0.3, -0.25) is 9.97 Å². The van der Waals surface area contributed by atoms with Crippen LogP contribution in [0.25, 0.3) is 110 Å². The first-order valence-electron chi connectivity index (χ1n) is 17.7. The van der Waals surface area contributed by atoms with Gasteiger partial charge in [-0.25, -0.2) is 0 Å². The minimum Gasteiger partial charge on any atom is -0.309 e. The van der Waals surface area contributed by atoms with Crippen molar-refractivity contribution in [2.45, 2.75) is 0 Å². The predicted octanol–water partition coefficient (Wildman–Crippen LogP) is 12.3. The van der Waals surface area contributed by atoms with Gasteiger partial charge in [-0.15, -0.1) is 0 Å². The van der Waals surface area contributed by atoms with E-state index in [9.17, 15) is 0 Å². The molecule has 1 aliphatic rings. The maximum atomic E-state index is 5.12. The van der Waals surface area contributed by atoms with E-state index in [1.165, 1.54) is 76.6 Å². The zero-order valence-corrected chi connectivity index (χ0v) is 28.0. The maximum absolute atomic E-state index is 5.12. The first kappa shape index (κ1) is 27.7. The number of rotatable bonds is 3. The second-order valence-corrected chi connectivity index (χ2v) is 13.8. The molecule has 7 aromatic carbocycles. The SMILES string of the molecule is c1ccc(-n2c3ccccc3c3cc(-c4ccc5c(c4)c4c6ccccc6ccc4n5-c4cnc5c(c4)-c4cccc6nccc-5c46)ccc32)cc1. The van der Waals surface area contributed by atoms with Crippen molar-refractivity contribution in [1.29, 1.82) is 0 Å². The second-order valence-electron chi connectivity index (χ2n) is 13.8. The minimum atomic E-state index is 1.01. The van der Waals surface area contributed by atoms with E-state index in [1.54, 1.807) is 0 Å². The smallest absolute Gasteiger partial charge is 0.0789 e. The molecule has 11 aromatic rings. The van der Waals surface area contributed by atoms with Crippen molar-refractivity contribution >= 4 is 65.3 Å². The highest BCUT2D eigenvalue weighted by atomic mass is 15.0. The van der Waals surface area contributed by atoms with E-state index in [0.29, 0.717) is 0 Å². The quantitative estimate of drug-likeness (QED) is 0.189. The third kappa shape index (κ3) is 3.70. The van der Waals surface area contributed by atoms with Gasteiger partial charge in [0.25, 0.3) is 0 Å². The molecule has 0 atom stereocenters. The summed E-state index contributed by atoms with van der Waals surface area (Å²) in [7, 11) is 0. The molecule has 0 amide bonds. The fourth-order valence-corrected chi connectivity index (χ4v) is 8.88. The molecule has 240 valence electrons. The molecular weight excluding hydrogens is 633 g/mol. The Hall–Kier alpha value is -7.04. The molecule has 0 unspecified atom stereocenters. The van der Waals surface area contributed by atoms with Crippen LogP contribution < -0.4 is 0 Å². The number of pyridine rings is 2. The Labute approximate surface area is 298 Å². The molecule has 0 spiro atoms. The van der Waals surface area contributed by atoms with Crippen LogP contribution in [-0.4, -0.2) is 19.1 Å². The Morgan fingerprint density at radius 3 is 1.98 bits per heavy atom. The number of fused-ring (bicyclic) bond motifs is 11. The van der Waals surface area contributed by atoms with Crippen LogP contribution >= 0.6 is 0 Å². The monoisotopic (exact) mass is 660 g/mol. The Morgan fingerprint density at radius 2 is 1.10 bits per heavy atom. The standard InChI is InChI=1S/C48H28N4/c1-2-10-32(11-3-1)51-42-16-7-6-13-35(42)38-25-30(18-20-43(38)51)31-19-21-44-40(26-31)47-34-12-5-4-9-29(34)17-22-45(47)52(44)33-27-39-36-14-8-15-41-46(36)37(23-24-49-41)48(39)50-28-33/h1-28H. The minimum absolute atomic E-state index is 1.01. The largest absolute Gasteiger partial charge is 0.309 e. The van der Waals surface area contributed by atoms with E-state index in [-0.39, 0.29) is 0 Å². The van der Waals surface area contributed by atoms with Crippen molar-refractivity contribution in [2.75, 3.05) is 0 Å². The van der Waals surface area contributed by atoms with Gasteiger partial charge in [0.05, 0.1) is 45.2 Å². The lowest BCUT2D eigenvalue weighted by molar-refractivity contribution is 1.15. The van der Waals surface area contributed by atoms with Crippen LogP contribution in [0.5, 0.6) is 0 Å². The maximum Gasteiger partial charge on any atom is 0.0789 e. The summed E-state index contributed by atoms with van der Waals surface area (Å²) in [5.74, 6) is 0. The molecule has 0 saturated carbocycles. The fraction of sp³-hybridized carbons (Fsp3) is 0. The third-order valence-electron chi connectivity index (χ3n) is 11.1. The Morgan fingerprint density at radius 1 is 0.385 bits per heavy atom. The normalized spacial score (nSPS) is 12.2. The summed E-state index contributed by atoms with van der Waals surface area (Å²) in [6.07, 6.45) is 3.93. The van der Waals surface area contributed by atoms with Gasteiger partial charge >= 0.3 is 0 Å². The molecular formula is C48H28N4. The first-order valence-corrected chi connectivity index (χ1v) is 17.7. The zero-order chi connectivity index (χ0) is 33.9. The van der Waals surface area contributed by atoms with E-state index in [2.05, 4.69) is 172 Å². The first-order chi connectivity index (χ1) is 25.8. The predicted molar refractivity (Wildman–Crippen MR) is 216 cm³/mol. The molecule has 52 heavy (non-hydrogen) atoms. The van der Waals surface area contributed by atoms with Crippen molar-refractivity contribution in [3.8, 4) is 44.9 Å². The number of benzene rings is 7. The number of para-hydroxylation sites is 2. The van der Waals surface area contributed by atoms with E-state index in [4.69, 9.17) is 4.98 Å². The molecule has 0 radical (unpaired) electrons. The van der Waals surface area contributed by atoms with Crippen molar-refractivity contribution in [3.63, 3.8) is 0 Å². The summed E-state index contributed by atoms with van der Waals surface area (Å²) in [5.41, 5.74) is 14.9. The lowest BCUT2D eigenvalue weighted by Crippen LogP contribution is -1.96. The molecule has 4 aromatic heterocycles. The van der Waals surface area contributed by atoms with Crippen LogP contribution in [-0.2, 0) is 0 Å². The molecule has 0 fully saturated rings. The molecule has 0 aliphatic heterocycles. The van der Waals surface area contributed by atoms with Gasteiger partial charge in [-0.1, -0.05) is 91.0 Å². The molecule has 0 saturated heterocycles. The molecule has 0 bridgehead atoms. The molecule has 1 aliphatic carbocycles. The van der Waals surface area contributed by atoms with Gasteiger partial charge in [0, 0.05) is 49.9 Å². The molecule has 4 heteroatoms. The number of nitrogens with zero attached hydrogens (tertiary/aromatic N) is 4. The van der Waals surface area contributed by atoms with Crippen molar-refractivity contribution in [2.24, 2.45) is 0 Å². The Bertz CT molecular complexity index is 3290. The highest BCUT2D eigenvalue weighted by Crippen LogP contribution is 2.47. The average molecular weight is 661 g/mol. The van der Waals surface area contributed by atoms with Crippen LogP contribution in [0.3, 0.4) is 0 Å². The van der Waals surface area contributed by atoms with Crippen LogP contribution in [0.2, 0.25) is 0 Å². The van der Waals surface area contributed by atoms with Gasteiger partial charge in [-0.2, -0.15) is 0 Å². The summed E-state index contributed by atoms with van der Waals surface area (Å²) in [4.78, 5) is 9.78. The van der Waals surface area contributed by atoms with Gasteiger partial charge < -0.3 is 9.13 Å². The Balaban J connectivity index is 1.10. The van der Waals surface area contributed by atoms with E-state index in [0.717, 1.165) is 33.5 Å². The van der Waals surface area contributed by atoms with E-state index in [1.807, 2.05) is 12.4 Å². The van der Waals surface area contributed by atoms with Gasteiger partial charge in [0.2, 0.25) is 0 Å². The molecule has 12 rings (SSSR count). The molecule has 0 N–H and O–H groups in total. The fourth-order valence-electron chi connectivity index (χ4n) is 8.88. The lowest BCUT2D eigenvalue weighted by atomic mass is 9.99. The van der Waals surface area contributed by atoms with Crippen LogP contribution in [0, 0.1) is 0 Å². The number of hydrogen-bond donors (Lipinski definition) is 0. The summed E-state index contributed by atoms with van der Waals surface area (Å²) >= 11 is 0. The summed E-state index contributed by atoms with van der Waals surface area (Å²) in [6.45, 7) is 0. The second kappa shape index (κ2) is 10.3. The Kier molecular flexibility index (Phi) is 5.47. The highest BCUT2D eigenvalue weighted by molar-refractivity contribution is 6.22. The van der Waals surface area contributed by atoms with Crippen molar-refractivity contribution < 1.29 is 0 Å². The topological polar surface area (TPSA) is 35.6 Å². The van der Waals surface area contributed by atoms with Crippen molar-refractivity contribution in [1.82, 2.24) is 19.1 Å². The lowest BCUT2D eigenvalue weighted by Gasteiger charge is -2.11. The van der Waals surface area contributed by atoms with E-state index >= 15 is 0 Å². The number of aromatic nitrogens is 4. The van der Waals surface area contributed by atoms with Gasteiger partial charge in [-0.05, 0) is 94.2 Å². The number of hydrogen-bond acceptors (Lipinski definition) is 2. The third-order valence-corrected chi connectivity index (χ3v) is 11.1. The summed E-state index contributed by atoms with van der Waals surface area (Å²) < 4.78 is 4.77. The van der Waals surface area contributed by atoms with Crippen LogP contribution in [0.4, 0.5) is 0 Å². The highest BCUT2D eigenvalue weighted by Gasteiger charge is 2.25. The summed E-state index contributed by atoms with van der Waals surface area (Å²) in [6, 6.07) is 57.3. The van der Waals surface area contributed by atoms with Gasteiger partial charge in [0.15, 0.2) is 0 Å². The zero-order valence-electron chi connectivity index (χ0n) is 28.0. The van der Waals surface area contributed by atoms with Crippen LogP contribution in [0.15, 0.2) is 170 Å². The molecule has 4 heterocycles. The van der Waals surface area contributed by atoms with E-state index < -0.39 is 0 Å². The van der Waals surface area contributed by atoms with Crippen molar-refractivity contribution in [3.05, 3.63) is 170 Å².